The van der Waals surface area contributed by atoms with Crippen molar-refractivity contribution in [1.29, 1.82) is 0 Å². The fourth-order valence-corrected chi connectivity index (χ4v) is 4.04. The van der Waals surface area contributed by atoms with Crippen molar-refractivity contribution in [3.8, 4) is 11.5 Å². The number of carbonyl (C=O) groups excluding carboxylic acids is 2. The smallest absolute Gasteiger partial charge is 0.373 e. The van der Waals surface area contributed by atoms with Crippen molar-refractivity contribution in [1.82, 2.24) is 0 Å². The molecular formula is C30H40O8. The lowest BCUT2D eigenvalue weighted by Crippen LogP contribution is -2.48. The van der Waals surface area contributed by atoms with E-state index in [4.69, 9.17) is 29.0 Å². The molecule has 1 saturated carbocycles. The molecule has 2 aromatic rings. The first-order valence-corrected chi connectivity index (χ1v) is 13.6. The van der Waals surface area contributed by atoms with Crippen molar-refractivity contribution in [2.24, 2.45) is 5.92 Å². The first-order chi connectivity index (χ1) is 18.3. The predicted molar refractivity (Wildman–Crippen MR) is 142 cm³/mol. The Labute approximate surface area is 225 Å². The predicted octanol–water partition coefficient (Wildman–Crippen LogP) is 6.87. The van der Waals surface area contributed by atoms with Gasteiger partial charge in [0.05, 0.1) is 24.3 Å². The molecule has 3 unspecified atom stereocenters. The molecule has 0 bridgehead atoms. The van der Waals surface area contributed by atoms with E-state index in [1.54, 1.807) is 55.5 Å². The molecule has 8 nitrogen and oxygen atoms in total. The second kappa shape index (κ2) is 14.7. The lowest BCUT2D eigenvalue weighted by atomic mass is 9.78. The van der Waals surface area contributed by atoms with E-state index in [0.717, 1.165) is 32.1 Å². The third-order valence-electron chi connectivity index (χ3n) is 6.69. The molecule has 0 aliphatic heterocycles. The van der Waals surface area contributed by atoms with Crippen LogP contribution in [0, 0.1) is 5.92 Å². The van der Waals surface area contributed by atoms with Crippen LogP contribution in [-0.4, -0.2) is 36.9 Å². The van der Waals surface area contributed by atoms with Gasteiger partial charge in [-0.2, -0.15) is 9.78 Å². The summed E-state index contributed by atoms with van der Waals surface area (Å²) in [6, 6.07) is 13.4. The van der Waals surface area contributed by atoms with Crippen LogP contribution >= 0.6 is 0 Å². The van der Waals surface area contributed by atoms with Crippen LogP contribution in [0.4, 0.5) is 0 Å². The largest absolute Gasteiger partial charge is 0.494 e. The Kier molecular flexibility index (Phi) is 11.4. The van der Waals surface area contributed by atoms with E-state index in [-0.39, 0.29) is 0 Å². The van der Waals surface area contributed by atoms with Gasteiger partial charge in [0.1, 0.15) is 23.2 Å². The van der Waals surface area contributed by atoms with Crippen LogP contribution in [0.25, 0.3) is 0 Å². The Balaban J connectivity index is 1.53. The molecule has 1 aliphatic rings. The van der Waals surface area contributed by atoms with Crippen LogP contribution in [-0.2, 0) is 19.6 Å². The summed E-state index contributed by atoms with van der Waals surface area (Å²) in [5, 5.41) is 0. The zero-order valence-corrected chi connectivity index (χ0v) is 22.9. The molecule has 1 aliphatic carbocycles. The number of ether oxygens (including phenoxy) is 2. The SMILES string of the molecule is CCCCOc1ccc(C(=O)OOC2CC(C)CCC2(C)OOC(=O)c2ccc(OCCCC)cc2)cc1. The maximum absolute atomic E-state index is 12.6. The van der Waals surface area contributed by atoms with Crippen LogP contribution in [0.2, 0.25) is 0 Å². The van der Waals surface area contributed by atoms with Crippen molar-refractivity contribution >= 4 is 11.9 Å². The molecule has 8 heteroatoms. The monoisotopic (exact) mass is 528 g/mol. The zero-order valence-electron chi connectivity index (χ0n) is 22.9. The van der Waals surface area contributed by atoms with Crippen molar-refractivity contribution in [2.75, 3.05) is 13.2 Å². The number of rotatable bonds is 14. The highest BCUT2D eigenvalue weighted by Crippen LogP contribution is 2.37. The summed E-state index contributed by atoms with van der Waals surface area (Å²) in [4.78, 5) is 46.8. The first-order valence-electron chi connectivity index (χ1n) is 13.6. The number of hydrogen-bond donors (Lipinski definition) is 0. The van der Waals surface area contributed by atoms with E-state index in [0.29, 0.717) is 54.6 Å². The fourth-order valence-electron chi connectivity index (χ4n) is 4.04. The van der Waals surface area contributed by atoms with Gasteiger partial charge < -0.3 is 9.47 Å². The molecule has 3 atom stereocenters. The molecule has 0 aromatic heterocycles. The fraction of sp³-hybridized carbons (Fsp3) is 0.533. The molecule has 0 N–H and O–H groups in total. The van der Waals surface area contributed by atoms with Crippen LogP contribution in [0.1, 0.15) is 93.4 Å². The van der Waals surface area contributed by atoms with Crippen molar-refractivity contribution in [3.05, 3.63) is 59.7 Å². The molecule has 3 rings (SSSR count). The van der Waals surface area contributed by atoms with Crippen molar-refractivity contribution in [2.45, 2.75) is 84.3 Å². The van der Waals surface area contributed by atoms with Gasteiger partial charge in [0.25, 0.3) is 0 Å². The molecule has 0 amide bonds. The summed E-state index contributed by atoms with van der Waals surface area (Å²) in [6.07, 6.45) is 5.41. The van der Waals surface area contributed by atoms with Crippen molar-refractivity contribution < 1.29 is 38.6 Å². The topological polar surface area (TPSA) is 89.5 Å². The standard InChI is InChI=1S/C30H40O8/c1-5-7-19-33-25-13-9-23(10-14-25)28(31)36-35-27-21-22(3)17-18-30(27,4)38-37-29(32)24-11-15-26(16-12-24)34-20-8-6-2/h9-16,22,27H,5-8,17-21H2,1-4H3. The molecule has 2 aromatic carbocycles. The van der Waals surface area contributed by atoms with Crippen molar-refractivity contribution in [3.63, 3.8) is 0 Å². The minimum atomic E-state index is -0.984. The summed E-state index contributed by atoms with van der Waals surface area (Å²) in [7, 11) is 0. The Morgan fingerprint density at radius 3 is 1.82 bits per heavy atom. The molecular weight excluding hydrogens is 488 g/mol. The minimum absolute atomic E-state index is 0.325. The zero-order chi connectivity index (χ0) is 27.4. The number of hydrogen-bond acceptors (Lipinski definition) is 8. The summed E-state index contributed by atoms with van der Waals surface area (Å²) < 4.78 is 11.3. The van der Waals surface area contributed by atoms with E-state index in [1.165, 1.54) is 0 Å². The Morgan fingerprint density at radius 2 is 1.32 bits per heavy atom. The Bertz CT molecular complexity index is 1000. The molecule has 0 saturated heterocycles. The normalized spacial score (nSPS) is 20.9. The summed E-state index contributed by atoms with van der Waals surface area (Å²) >= 11 is 0. The van der Waals surface area contributed by atoms with E-state index in [1.807, 2.05) is 0 Å². The van der Waals surface area contributed by atoms with E-state index in [9.17, 15) is 9.59 Å². The van der Waals surface area contributed by atoms with Gasteiger partial charge in [-0.25, -0.2) is 9.59 Å². The number of carbonyl (C=O) groups is 2. The molecule has 208 valence electrons. The molecule has 0 spiro atoms. The van der Waals surface area contributed by atoms with Gasteiger partial charge in [0, 0.05) is 0 Å². The highest BCUT2D eigenvalue weighted by molar-refractivity contribution is 5.89. The average molecular weight is 529 g/mol. The summed E-state index contributed by atoms with van der Waals surface area (Å²) in [6.45, 7) is 9.33. The third-order valence-corrected chi connectivity index (χ3v) is 6.69. The molecule has 1 fully saturated rings. The van der Waals surface area contributed by atoms with Crippen LogP contribution in [0.5, 0.6) is 11.5 Å². The first kappa shape index (κ1) is 29.5. The van der Waals surface area contributed by atoms with Gasteiger partial charge in [-0.1, -0.05) is 33.6 Å². The van der Waals surface area contributed by atoms with Crippen LogP contribution in [0.3, 0.4) is 0 Å². The minimum Gasteiger partial charge on any atom is -0.494 e. The summed E-state index contributed by atoms with van der Waals surface area (Å²) in [5.41, 5.74) is -0.303. The quantitative estimate of drug-likeness (QED) is 0.149. The number of benzene rings is 2. The maximum Gasteiger partial charge on any atom is 0.373 e. The highest BCUT2D eigenvalue weighted by Gasteiger charge is 2.45. The van der Waals surface area contributed by atoms with E-state index in [2.05, 4.69) is 20.8 Å². The van der Waals surface area contributed by atoms with Gasteiger partial charge in [-0.3, -0.25) is 9.78 Å². The van der Waals surface area contributed by atoms with E-state index < -0.39 is 23.6 Å². The molecule has 0 heterocycles. The van der Waals surface area contributed by atoms with Crippen LogP contribution in [0.15, 0.2) is 48.5 Å². The maximum atomic E-state index is 12.6. The van der Waals surface area contributed by atoms with E-state index >= 15 is 0 Å². The lowest BCUT2D eigenvalue weighted by molar-refractivity contribution is -0.388. The average Bonchev–Trinajstić information content (AvgIpc) is 2.93. The Hall–Kier alpha value is -3.10. The van der Waals surface area contributed by atoms with Gasteiger partial charge >= 0.3 is 11.9 Å². The van der Waals surface area contributed by atoms with Gasteiger partial charge in [0.15, 0.2) is 0 Å². The van der Waals surface area contributed by atoms with Crippen LogP contribution < -0.4 is 9.47 Å². The second-order valence-corrected chi connectivity index (χ2v) is 10.1. The number of unbranched alkanes of at least 4 members (excludes halogenated alkanes) is 2. The lowest BCUT2D eigenvalue weighted by Gasteiger charge is -2.39. The second-order valence-electron chi connectivity index (χ2n) is 10.1. The molecule has 38 heavy (non-hydrogen) atoms. The highest BCUT2D eigenvalue weighted by atomic mass is 17.2. The van der Waals surface area contributed by atoms with Gasteiger partial charge in [0.2, 0.25) is 0 Å². The third kappa shape index (κ3) is 8.74. The molecule has 0 radical (unpaired) electrons. The van der Waals surface area contributed by atoms with Gasteiger partial charge in [-0.05, 0) is 93.5 Å². The Morgan fingerprint density at radius 1 is 0.816 bits per heavy atom. The summed E-state index contributed by atoms with van der Waals surface area (Å²) in [5.74, 6) is 0.466. The van der Waals surface area contributed by atoms with Gasteiger partial charge in [-0.15, -0.1) is 0 Å².